The van der Waals surface area contributed by atoms with E-state index in [1.807, 2.05) is 0 Å². The molecule has 0 aromatic heterocycles. The second-order valence-corrected chi connectivity index (χ2v) is 6.66. The molecule has 0 spiro atoms. The summed E-state index contributed by atoms with van der Waals surface area (Å²) in [5.41, 5.74) is 0.506. The lowest BCUT2D eigenvalue weighted by atomic mass is 10.2. The summed E-state index contributed by atoms with van der Waals surface area (Å²) in [5, 5.41) is 12.4. The summed E-state index contributed by atoms with van der Waals surface area (Å²) in [6.45, 7) is 1.74. The molecule has 0 unspecified atom stereocenters. The molecule has 0 radical (unpaired) electrons. The Morgan fingerprint density at radius 2 is 1.88 bits per heavy atom. The van der Waals surface area contributed by atoms with Gasteiger partial charge in [0.15, 0.2) is 18.1 Å². The van der Waals surface area contributed by atoms with Crippen molar-refractivity contribution >= 4 is 56.7 Å². The number of aromatic carboxylic acids is 1. The van der Waals surface area contributed by atoms with Crippen molar-refractivity contribution in [1.82, 2.24) is 0 Å². The number of nitrogens with one attached hydrogen (secondary N) is 1. The fourth-order valence-corrected chi connectivity index (χ4v) is 2.86. The summed E-state index contributed by atoms with van der Waals surface area (Å²) in [6, 6.07) is 7.40. The Balaban J connectivity index is 2.11. The monoisotopic (exact) mass is 461 g/mol. The third kappa shape index (κ3) is 5.27. The molecule has 0 saturated heterocycles. The van der Waals surface area contributed by atoms with Gasteiger partial charge in [0.25, 0.3) is 5.91 Å². The molecule has 0 atom stereocenters. The van der Waals surface area contributed by atoms with E-state index in [2.05, 4.69) is 21.2 Å². The van der Waals surface area contributed by atoms with Gasteiger partial charge < -0.3 is 19.9 Å². The van der Waals surface area contributed by atoms with E-state index in [0.717, 1.165) is 0 Å². The molecule has 2 aromatic rings. The van der Waals surface area contributed by atoms with Crippen LogP contribution in [0.2, 0.25) is 10.0 Å². The summed E-state index contributed by atoms with van der Waals surface area (Å²) >= 11 is 15.0. The first-order chi connectivity index (χ1) is 12.3. The van der Waals surface area contributed by atoms with Crippen LogP contribution in [-0.2, 0) is 4.79 Å². The Kier molecular flexibility index (Phi) is 7.14. The molecule has 0 bridgehead atoms. The van der Waals surface area contributed by atoms with Crippen LogP contribution in [0.1, 0.15) is 17.3 Å². The summed E-state index contributed by atoms with van der Waals surface area (Å²) in [7, 11) is 0. The molecule has 0 aliphatic heterocycles. The van der Waals surface area contributed by atoms with E-state index in [9.17, 15) is 9.59 Å². The topological polar surface area (TPSA) is 84.9 Å². The van der Waals surface area contributed by atoms with Gasteiger partial charge in [-0.05, 0) is 53.2 Å². The van der Waals surface area contributed by atoms with Crippen molar-refractivity contribution in [2.24, 2.45) is 0 Å². The second kappa shape index (κ2) is 9.12. The molecule has 138 valence electrons. The van der Waals surface area contributed by atoms with Gasteiger partial charge in [-0.3, -0.25) is 4.79 Å². The number of anilines is 1. The third-order valence-electron chi connectivity index (χ3n) is 3.11. The number of carbonyl (C=O) groups excluding carboxylic acids is 1. The Morgan fingerprint density at radius 1 is 1.15 bits per heavy atom. The van der Waals surface area contributed by atoms with Crippen molar-refractivity contribution < 1.29 is 24.2 Å². The van der Waals surface area contributed by atoms with Gasteiger partial charge in [0, 0.05) is 5.69 Å². The SMILES string of the molecule is CCOc1cc(C(=O)O)cc(Br)c1OCC(=O)Nc1ccc(Cl)c(Cl)c1. The Labute approximate surface area is 168 Å². The molecule has 0 fully saturated rings. The number of benzene rings is 2. The first-order valence-corrected chi connectivity index (χ1v) is 8.94. The molecular weight excluding hydrogens is 449 g/mol. The van der Waals surface area contributed by atoms with Crippen molar-refractivity contribution in [3.05, 3.63) is 50.4 Å². The molecule has 0 saturated carbocycles. The zero-order valence-electron chi connectivity index (χ0n) is 13.5. The summed E-state index contributed by atoms with van der Waals surface area (Å²) < 4.78 is 11.3. The number of amides is 1. The molecule has 0 heterocycles. The van der Waals surface area contributed by atoms with E-state index < -0.39 is 11.9 Å². The number of hydrogen-bond donors (Lipinski definition) is 2. The Hall–Kier alpha value is -1.96. The highest BCUT2D eigenvalue weighted by Crippen LogP contribution is 2.37. The first-order valence-electron chi connectivity index (χ1n) is 7.39. The van der Waals surface area contributed by atoms with Crippen LogP contribution in [0.4, 0.5) is 5.69 Å². The highest BCUT2D eigenvalue weighted by molar-refractivity contribution is 9.10. The summed E-state index contributed by atoms with van der Waals surface area (Å²) in [5.74, 6) is -1.07. The van der Waals surface area contributed by atoms with Gasteiger partial charge in [-0.2, -0.15) is 0 Å². The van der Waals surface area contributed by atoms with E-state index in [1.54, 1.807) is 19.1 Å². The minimum absolute atomic E-state index is 0.0351. The van der Waals surface area contributed by atoms with Gasteiger partial charge in [0.05, 0.1) is 26.7 Å². The van der Waals surface area contributed by atoms with E-state index >= 15 is 0 Å². The van der Waals surface area contributed by atoms with Crippen LogP contribution in [0.25, 0.3) is 0 Å². The fourth-order valence-electron chi connectivity index (χ4n) is 2.00. The zero-order valence-corrected chi connectivity index (χ0v) is 16.6. The standard InChI is InChI=1S/C17H14BrCl2NO5/c1-2-25-14-6-9(17(23)24)5-11(18)16(14)26-8-15(22)21-10-3-4-12(19)13(20)7-10/h3-7H,2,8H2,1H3,(H,21,22)(H,23,24). The van der Waals surface area contributed by atoms with Crippen LogP contribution in [0.15, 0.2) is 34.8 Å². The minimum Gasteiger partial charge on any atom is -0.490 e. The molecule has 2 rings (SSSR count). The van der Waals surface area contributed by atoms with Gasteiger partial charge >= 0.3 is 5.97 Å². The van der Waals surface area contributed by atoms with Gasteiger partial charge in [0.2, 0.25) is 0 Å². The van der Waals surface area contributed by atoms with E-state index in [4.69, 9.17) is 37.8 Å². The molecule has 2 aromatic carbocycles. The number of hydrogen-bond acceptors (Lipinski definition) is 4. The van der Waals surface area contributed by atoms with Crippen LogP contribution in [-0.4, -0.2) is 30.2 Å². The Morgan fingerprint density at radius 3 is 2.50 bits per heavy atom. The highest BCUT2D eigenvalue weighted by atomic mass is 79.9. The molecular formula is C17H14BrCl2NO5. The predicted molar refractivity (Wildman–Crippen MR) is 103 cm³/mol. The van der Waals surface area contributed by atoms with Crippen LogP contribution in [0, 0.1) is 0 Å². The van der Waals surface area contributed by atoms with Crippen molar-refractivity contribution in [2.75, 3.05) is 18.5 Å². The number of carboxylic acid groups (broad SMARTS) is 1. The summed E-state index contributed by atoms with van der Waals surface area (Å²) in [4.78, 5) is 23.2. The lowest BCUT2D eigenvalue weighted by Gasteiger charge is -2.14. The number of ether oxygens (including phenoxy) is 2. The third-order valence-corrected chi connectivity index (χ3v) is 4.44. The van der Waals surface area contributed by atoms with E-state index in [0.29, 0.717) is 26.8 Å². The highest BCUT2D eigenvalue weighted by Gasteiger charge is 2.17. The van der Waals surface area contributed by atoms with E-state index in [1.165, 1.54) is 18.2 Å². The van der Waals surface area contributed by atoms with Crippen molar-refractivity contribution in [1.29, 1.82) is 0 Å². The molecule has 9 heteroatoms. The molecule has 26 heavy (non-hydrogen) atoms. The van der Waals surface area contributed by atoms with Crippen LogP contribution < -0.4 is 14.8 Å². The quantitative estimate of drug-likeness (QED) is 0.613. The molecule has 0 aliphatic carbocycles. The zero-order chi connectivity index (χ0) is 19.3. The minimum atomic E-state index is -1.10. The molecule has 6 nitrogen and oxygen atoms in total. The number of carboxylic acids is 1. The fraction of sp³-hybridized carbons (Fsp3) is 0.176. The number of rotatable bonds is 7. The first kappa shape index (κ1) is 20.4. The molecule has 1 amide bonds. The second-order valence-electron chi connectivity index (χ2n) is 4.99. The van der Waals surface area contributed by atoms with E-state index in [-0.39, 0.29) is 23.7 Å². The molecule has 2 N–H and O–H groups in total. The van der Waals surface area contributed by atoms with Crippen molar-refractivity contribution in [2.45, 2.75) is 6.92 Å². The smallest absolute Gasteiger partial charge is 0.335 e. The van der Waals surface area contributed by atoms with Crippen molar-refractivity contribution in [3.8, 4) is 11.5 Å². The average molecular weight is 463 g/mol. The largest absolute Gasteiger partial charge is 0.490 e. The normalized spacial score (nSPS) is 10.3. The maximum atomic E-state index is 12.1. The van der Waals surface area contributed by atoms with Crippen molar-refractivity contribution in [3.63, 3.8) is 0 Å². The van der Waals surface area contributed by atoms with Gasteiger partial charge in [-0.1, -0.05) is 23.2 Å². The predicted octanol–water partition coefficient (Wildman–Crippen LogP) is 4.87. The lowest BCUT2D eigenvalue weighted by molar-refractivity contribution is -0.118. The number of halogens is 3. The maximum Gasteiger partial charge on any atom is 0.335 e. The number of carbonyl (C=O) groups is 2. The lowest BCUT2D eigenvalue weighted by Crippen LogP contribution is -2.20. The van der Waals surface area contributed by atoms with Crippen LogP contribution in [0.3, 0.4) is 0 Å². The van der Waals surface area contributed by atoms with Gasteiger partial charge in [-0.25, -0.2) is 4.79 Å². The van der Waals surface area contributed by atoms with Gasteiger partial charge in [-0.15, -0.1) is 0 Å². The van der Waals surface area contributed by atoms with Crippen LogP contribution >= 0.6 is 39.1 Å². The average Bonchev–Trinajstić information content (AvgIpc) is 2.57. The maximum absolute atomic E-state index is 12.1. The Bertz CT molecular complexity index is 844. The molecule has 0 aliphatic rings. The van der Waals surface area contributed by atoms with Gasteiger partial charge in [0.1, 0.15) is 0 Å². The summed E-state index contributed by atoms with van der Waals surface area (Å²) in [6.07, 6.45) is 0. The van der Waals surface area contributed by atoms with Crippen LogP contribution in [0.5, 0.6) is 11.5 Å².